The van der Waals surface area contributed by atoms with Crippen LogP contribution in [0, 0.1) is 0 Å². The summed E-state index contributed by atoms with van der Waals surface area (Å²) in [6, 6.07) is 14.7. The van der Waals surface area contributed by atoms with Gasteiger partial charge in [0.05, 0.1) is 14.9 Å². The topological polar surface area (TPSA) is 67.6 Å². The second-order valence-electron chi connectivity index (χ2n) is 7.14. The van der Waals surface area contributed by atoms with Gasteiger partial charge in [-0.1, -0.05) is 29.3 Å². The van der Waals surface area contributed by atoms with Crippen LogP contribution in [0.2, 0.25) is 10.0 Å². The van der Waals surface area contributed by atoms with Crippen LogP contribution in [0.15, 0.2) is 70.0 Å². The SMILES string of the molecule is O=C(C=Cc1ccc(-c2cccc(Cl)c2Cl)o1)c1ccc(S(=O)(=O)N2CCCC2)cc1. The minimum Gasteiger partial charge on any atom is -0.457 e. The molecular weight excluding hydrogens is 457 g/mol. The van der Waals surface area contributed by atoms with Crippen molar-refractivity contribution in [3.05, 3.63) is 82.0 Å². The molecule has 1 aliphatic rings. The Morgan fingerprint density at radius 1 is 0.968 bits per heavy atom. The summed E-state index contributed by atoms with van der Waals surface area (Å²) in [5, 5.41) is 0.826. The average Bonchev–Trinajstić information content (AvgIpc) is 3.47. The Balaban J connectivity index is 1.47. The highest BCUT2D eigenvalue weighted by Crippen LogP contribution is 2.34. The number of rotatable bonds is 6. The molecule has 0 N–H and O–H groups in total. The highest BCUT2D eigenvalue weighted by molar-refractivity contribution is 7.89. The van der Waals surface area contributed by atoms with E-state index >= 15 is 0 Å². The van der Waals surface area contributed by atoms with Crippen molar-refractivity contribution in [1.29, 1.82) is 0 Å². The maximum Gasteiger partial charge on any atom is 0.243 e. The molecule has 1 fully saturated rings. The van der Waals surface area contributed by atoms with Gasteiger partial charge in [0, 0.05) is 24.2 Å². The molecule has 2 heterocycles. The number of ketones is 1. The van der Waals surface area contributed by atoms with E-state index in [4.69, 9.17) is 27.6 Å². The molecule has 4 rings (SSSR count). The molecule has 0 bridgehead atoms. The van der Waals surface area contributed by atoms with Crippen molar-refractivity contribution >= 4 is 45.1 Å². The molecule has 0 spiro atoms. The third kappa shape index (κ3) is 4.62. The first-order valence-corrected chi connectivity index (χ1v) is 11.9. The van der Waals surface area contributed by atoms with Gasteiger partial charge in [0.25, 0.3) is 0 Å². The number of furan rings is 1. The largest absolute Gasteiger partial charge is 0.457 e. The van der Waals surface area contributed by atoms with Gasteiger partial charge in [-0.2, -0.15) is 4.31 Å². The summed E-state index contributed by atoms with van der Waals surface area (Å²) < 4.78 is 32.4. The van der Waals surface area contributed by atoms with Gasteiger partial charge in [0.2, 0.25) is 10.0 Å². The molecule has 0 radical (unpaired) electrons. The van der Waals surface area contributed by atoms with Crippen LogP contribution >= 0.6 is 23.2 Å². The maximum atomic E-state index is 12.6. The van der Waals surface area contributed by atoms with Crippen molar-refractivity contribution in [2.75, 3.05) is 13.1 Å². The van der Waals surface area contributed by atoms with E-state index in [1.165, 1.54) is 34.6 Å². The van der Waals surface area contributed by atoms with E-state index in [0.717, 1.165) is 12.8 Å². The normalized spacial score (nSPS) is 15.0. The molecule has 2 aromatic carbocycles. The summed E-state index contributed by atoms with van der Waals surface area (Å²) in [6.07, 6.45) is 4.68. The van der Waals surface area contributed by atoms with E-state index < -0.39 is 10.0 Å². The van der Waals surface area contributed by atoms with Gasteiger partial charge in [-0.05, 0) is 73.5 Å². The summed E-state index contributed by atoms with van der Waals surface area (Å²) in [5.41, 5.74) is 1.05. The monoisotopic (exact) mass is 475 g/mol. The predicted molar refractivity (Wildman–Crippen MR) is 122 cm³/mol. The van der Waals surface area contributed by atoms with Crippen molar-refractivity contribution in [2.45, 2.75) is 17.7 Å². The van der Waals surface area contributed by atoms with Crippen molar-refractivity contribution < 1.29 is 17.6 Å². The van der Waals surface area contributed by atoms with Crippen LogP contribution in [0.4, 0.5) is 0 Å². The lowest BCUT2D eigenvalue weighted by Gasteiger charge is -2.15. The van der Waals surface area contributed by atoms with Crippen molar-refractivity contribution in [3.8, 4) is 11.3 Å². The minimum atomic E-state index is -3.50. The first-order chi connectivity index (χ1) is 14.9. The van der Waals surface area contributed by atoms with E-state index in [9.17, 15) is 13.2 Å². The van der Waals surface area contributed by atoms with E-state index in [-0.39, 0.29) is 10.7 Å². The van der Waals surface area contributed by atoms with Crippen LogP contribution in [-0.4, -0.2) is 31.6 Å². The number of carbonyl (C=O) groups excluding carboxylic acids is 1. The zero-order chi connectivity index (χ0) is 22.0. The molecule has 1 aromatic heterocycles. The Morgan fingerprint density at radius 3 is 2.39 bits per heavy atom. The Labute approximate surface area is 190 Å². The minimum absolute atomic E-state index is 0.198. The second-order valence-corrected chi connectivity index (χ2v) is 9.86. The number of allylic oxidation sites excluding steroid dienone is 1. The molecule has 0 aliphatic carbocycles. The van der Waals surface area contributed by atoms with Crippen LogP contribution in [0.3, 0.4) is 0 Å². The fraction of sp³-hybridized carbons (Fsp3) is 0.174. The molecule has 3 aromatic rings. The standard InChI is InChI=1S/C23H19Cl2NO4S/c24-20-5-3-4-19(23(20)25)22-13-9-17(30-22)8-12-21(27)16-6-10-18(11-7-16)31(28,29)26-14-1-2-15-26/h3-13H,1-2,14-15H2. The van der Waals surface area contributed by atoms with Gasteiger partial charge in [-0.15, -0.1) is 0 Å². The van der Waals surface area contributed by atoms with Crippen molar-refractivity contribution in [1.82, 2.24) is 4.31 Å². The highest BCUT2D eigenvalue weighted by atomic mass is 35.5. The fourth-order valence-corrected chi connectivity index (χ4v) is 5.31. The molecule has 5 nitrogen and oxygen atoms in total. The number of hydrogen-bond acceptors (Lipinski definition) is 4. The van der Waals surface area contributed by atoms with Crippen LogP contribution in [0.5, 0.6) is 0 Å². The van der Waals surface area contributed by atoms with Crippen LogP contribution in [-0.2, 0) is 10.0 Å². The van der Waals surface area contributed by atoms with Crippen molar-refractivity contribution in [3.63, 3.8) is 0 Å². The Bertz CT molecular complexity index is 1240. The summed E-state index contributed by atoms with van der Waals surface area (Å²) in [5.74, 6) is 0.757. The Morgan fingerprint density at radius 2 is 1.68 bits per heavy atom. The lowest BCUT2D eigenvalue weighted by molar-refractivity contribution is 0.104. The Hall–Kier alpha value is -2.38. The number of halogens is 2. The molecule has 1 saturated heterocycles. The third-order valence-electron chi connectivity index (χ3n) is 5.08. The first kappa shape index (κ1) is 21.8. The maximum absolute atomic E-state index is 12.6. The highest BCUT2D eigenvalue weighted by Gasteiger charge is 2.27. The predicted octanol–water partition coefficient (Wildman–Crippen LogP) is 5.93. The molecule has 8 heteroatoms. The van der Waals surface area contributed by atoms with Crippen LogP contribution < -0.4 is 0 Å². The summed E-state index contributed by atoms with van der Waals surface area (Å²) in [7, 11) is -3.50. The van der Waals surface area contributed by atoms with E-state index in [1.807, 2.05) is 0 Å². The summed E-state index contributed by atoms with van der Waals surface area (Å²) >= 11 is 12.3. The molecule has 31 heavy (non-hydrogen) atoms. The Kier molecular flexibility index (Phi) is 6.34. The lowest BCUT2D eigenvalue weighted by atomic mass is 10.1. The van der Waals surface area contributed by atoms with E-state index in [0.29, 0.717) is 45.8 Å². The van der Waals surface area contributed by atoms with Crippen LogP contribution in [0.1, 0.15) is 29.0 Å². The van der Waals surface area contributed by atoms with Gasteiger partial charge in [0.1, 0.15) is 11.5 Å². The molecule has 0 atom stereocenters. The van der Waals surface area contributed by atoms with Gasteiger partial charge in [-0.3, -0.25) is 4.79 Å². The average molecular weight is 476 g/mol. The number of benzene rings is 2. The quantitative estimate of drug-likeness (QED) is 0.327. The zero-order valence-electron chi connectivity index (χ0n) is 16.4. The van der Waals surface area contributed by atoms with Gasteiger partial charge < -0.3 is 4.42 Å². The number of hydrogen-bond donors (Lipinski definition) is 0. The van der Waals surface area contributed by atoms with E-state index in [1.54, 1.807) is 36.4 Å². The van der Waals surface area contributed by atoms with Crippen molar-refractivity contribution in [2.24, 2.45) is 0 Å². The third-order valence-corrected chi connectivity index (χ3v) is 7.82. The molecule has 1 aliphatic heterocycles. The molecule has 160 valence electrons. The molecule has 0 amide bonds. The van der Waals surface area contributed by atoms with Gasteiger partial charge in [0.15, 0.2) is 5.78 Å². The van der Waals surface area contributed by atoms with Gasteiger partial charge >= 0.3 is 0 Å². The summed E-state index contributed by atoms with van der Waals surface area (Å²) in [4.78, 5) is 12.7. The smallest absolute Gasteiger partial charge is 0.243 e. The molecular formula is C23H19Cl2NO4S. The first-order valence-electron chi connectivity index (χ1n) is 9.73. The molecule has 0 saturated carbocycles. The zero-order valence-corrected chi connectivity index (χ0v) is 18.8. The molecule has 0 unspecified atom stereocenters. The second kappa shape index (κ2) is 9.01. The lowest BCUT2D eigenvalue weighted by Crippen LogP contribution is -2.27. The van der Waals surface area contributed by atoms with E-state index in [2.05, 4.69) is 0 Å². The van der Waals surface area contributed by atoms with Crippen LogP contribution in [0.25, 0.3) is 17.4 Å². The fourth-order valence-electron chi connectivity index (χ4n) is 3.40. The summed E-state index contributed by atoms with van der Waals surface area (Å²) in [6.45, 7) is 1.08. The van der Waals surface area contributed by atoms with Gasteiger partial charge in [-0.25, -0.2) is 8.42 Å². The number of nitrogens with zero attached hydrogens (tertiary/aromatic N) is 1. The number of carbonyl (C=O) groups is 1. The number of sulfonamides is 1.